The van der Waals surface area contributed by atoms with E-state index >= 15 is 0 Å². The van der Waals surface area contributed by atoms with Gasteiger partial charge in [-0.1, -0.05) is 24.3 Å². The fraction of sp³-hybridized carbons (Fsp3) is 0.296. The van der Waals surface area contributed by atoms with Gasteiger partial charge in [0.05, 0.1) is 30.2 Å². The molecule has 4 rings (SSSR count). The molecule has 0 aliphatic carbocycles. The second kappa shape index (κ2) is 9.96. The van der Waals surface area contributed by atoms with Crippen LogP contribution in [0.3, 0.4) is 0 Å². The molecule has 1 atom stereocenters. The van der Waals surface area contributed by atoms with Gasteiger partial charge in [-0.3, -0.25) is 9.69 Å². The molecule has 0 aliphatic heterocycles. The Labute approximate surface area is 194 Å². The SMILES string of the molecule is Cc1[nH]c2c(C(=O)NCC(C)Oc3cccc(CN(C)Cc4ccoc4)c3)cccc2c1C. The summed E-state index contributed by atoms with van der Waals surface area (Å²) in [7, 11) is 2.08. The smallest absolute Gasteiger partial charge is 0.253 e. The molecule has 0 radical (unpaired) electrons. The lowest BCUT2D eigenvalue weighted by atomic mass is 10.1. The van der Waals surface area contributed by atoms with Crippen LogP contribution in [0, 0.1) is 13.8 Å². The second-order valence-electron chi connectivity index (χ2n) is 8.69. The molecule has 2 aromatic heterocycles. The molecule has 0 saturated heterocycles. The summed E-state index contributed by atoms with van der Waals surface area (Å²) >= 11 is 0. The summed E-state index contributed by atoms with van der Waals surface area (Å²) in [6.45, 7) is 8.08. The number of benzene rings is 2. The van der Waals surface area contributed by atoms with Gasteiger partial charge in [0.15, 0.2) is 0 Å². The predicted octanol–water partition coefficient (Wildman–Crippen LogP) is 5.21. The minimum absolute atomic E-state index is 0.105. The van der Waals surface area contributed by atoms with Gasteiger partial charge in [-0.15, -0.1) is 0 Å². The number of amides is 1. The summed E-state index contributed by atoms with van der Waals surface area (Å²) in [5, 5.41) is 4.09. The fourth-order valence-electron chi connectivity index (χ4n) is 4.06. The van der Waals surface area contributed by atoms with Gasteiger partial charge in [0.2, 0.25) is 0 Å². The van der Waals surface area contributed by atoms with Gasteiger partial charge in [0, 0.05) is 29.7 Å². The van der Waals surface area contributed by atoms with Gasteiger partial charge >= 0.3 is 0 Å². The molecule has 2 N–H and O–H groups in total. The Morgan fingerprint density at radius 2 is 1.91 bits per heavy atom. The Bertz CT molecular complexity index is 1230. The van der Waals surface area contributed by atoms with Gasteiger partial charge in [-0.05, 0) is 63.2 Å². The van der Waals surface area contributed by atoms with Crippen LogP contribution in [0.15, 0.2) is 65.5 Å². The summed E-state index contributed by atoms with van der Waals surface area (Å²) in [4.78, 5) is 18.4. The molecule has 1 unspecified atom stereocenters. The zero-order chi connectivity index (χ0) is 23.4. The summed E-state index contributed by atoms with van der Waals surface area (Å²) in [5.74, 6) is 0.690. The minimum Gasteiger partial charge on any atom is -0.489 e. The van der Waals surface area contributed by atoms with Crippen molar-refractivity contribution in [3.8, 4) is 5.75 Å². The average Bonchev–Trinajstić information content (AvgIpc) is 3.40. The molecule has 0 saturated carbocycles. The van der Waals surface area contributed by atoms with Crippen molar-refractivity contribution < 1.29 is 13.9 Å². The number of aromatic nitrogens is 1. The van der Waals surface area contributed by atoms with Crippen LogP contribution in [-0.2, 0) is 13.1 Å². The lowest BCUT2D eigenvalue weighted by Crippen LogP contribution is -2.33. The van der Waals surface area contributed by atoms with Gasteiger partial charge in [0.1, 0.15) is 11.9 Å². The normalized spacial score (nSPS) is 12.3. The fourth-order valence-corrected chi connectivity index (χ4v) is 4.06. The van der Waals surface area contributed by atoms with Crippen molar-refractivity contribution in [2.24, 2.45) is 0 Å². The van der Waals surface area contributed by atoms with Crippen LogP contribution in [0.5, 0.6) is 5.75 Å². The summed E-state index contributed by atoms with van der Waals surface area (Å²) < 4.78 is 11.2. The topological polar surface area (TPSA) is 70.5 Å². The van der Waals surface area contributed by atoms with Crippen molar-refractivity contribution in [3.05, 3.63) is 89.0 Å². The first kappa shape index (κ1) is 22.7. The largest absolute Gasteiger partial charge is 0.489 e. The summed E-state index contributed by atoms with van der Waals surface area (Å²) in [6.07, 6.45) is 3.29. The Kier molecular flexibility index (Phi) is 6.84. The number of aromatic amines is 1. The monoisotopic (exact) mass is 445 g/mol. The van der Waals surface area contributed by atoms with E-state index in [1.54, 1.807) is 12.5 Å². The van der Waals surface area contributed by atoms with E-state index in [0.29, 0.717) is 12.1 Å². The lowest BCUT2D eigenvalue weighted by Gasteiger charge is -2.18. The third kappa shape index (κ3) is 5.46. The molecule has 2 heterocycles. The van der Waals surface area contributed by atoms with Crippen LogP contribution < -0.4 is 10.1 Å². The van der Waals surface area contributed by atoms with Crippen LogP contribution in [0.25, 0.3) is 10.9 Å². The molecule has 172 valence electrons. The molecule has 6 nitrogen and oxygen atoms in total. The molecule has 0 aliphatic rings. The van der Waals surface area contributed by atoms with Crippen molar-refractivity contribution >= 4 is 16.8 Å². The first-order chi connectivity index (χ1) is 15.9. The molecule has 1 amide bonds. The van der Waals surface area contributed by atoms with Gasteiger partial charge in [0.25, 0.3) is 5.91 Å². The molecule has 0 spiro atoms. The number of furan rings is 1. The predicted molar refractivity (Wildman–Crippen MR) is 131 cm³/mol. The molecule has 33 heavy (non-hydrogen) atoms. The molecule has 4 aromatic rings. The van der Waals surface area contributed by atoms with E-state index < -0.39 is 0 Å². The Balaban J connectivity index is 1.33. The Morgan fingerprint density at radius 1 is 1.12 bits per heavy atom. The van der Waals surface area contributed by atoms with E-state index in [2.05, 4.69) is 41.3 Å². The third-order valence-corrected chi connectivity index (χ3v) is 5.86. The molecule has 0 bridgehead atoms. The number of carbonyl (C=O) groups is 1. The number of fused-ring (bicyclic) bond motifs is 1. The highest BCUT2D eigenvalue weighted by molar-refractivity contribution is 6.06. The minimum atomic E-state index is -0.167. The van der Waals surface area contributed by atoms with E-state index in [9.17, 15) is 4.79 Å². The standard InChI is InChI=1S/C27H31N3O3/c1-18(14-28-27(31)25-10-6-9-24-19(2)20(3)29-26(24)25)33-23-8-5-7-21(13-23)15-30(4)16-22-11-12-32-17-22/h5-13,17-18,29H,14-16H2,1-4H3,(H,28,31). The number of hydrogen-bond donors (Lipinski definition) is 2. The molecule has 6 heteroatoms. The maximum atomic E-state index is 12.8. The lowest BCUT2D eigenvalue weighted by molar-refractivity contribution is 0.0933. The first-order valence-corrected chi connectivity index (χ1v) is 11.2. The molecular weight excluding hydrogens is 414 g/mol. The van der Waals surface area contributed by atoms with Crippen LogP contribution in [0.2, 0.25) is 0 Å². The number of H-pyrrole nitrogens is 1. The quantitative estimate of drug-likeness (QED) is 0.371. The summed E-state index contributed by atoms with van der Waals surface area (Å²) in [5.41, 5.74) is 6.10. The molecule has 0 fully saturated rings. The third-order valence-electron chi connectivity index (χ3n) is 5.86. The highest BCUT2D eigenvalue weighted by Crippen LogP contribution is 2.24. The first-order valence-electron chi connectivity index (χ1n) is 11.2. The van der Waals surface area contributed by atoms with Crippen molar-refractivity contribution in [3.63, 3.8) is 0 Å². The molecule has 2 aromatic carbocycles. The number of aryl methyl sites for hydroxylation is 2. The van der Waals surface area contributed by atoms with Crippen LogP contribution in [0.1, 0.15) is 39.7 Å². The van der Waals surface area contributed by atoms with Gasteiger partial charge in [-0.2, -0.15) is 0 Å². The van der Waals surface area contributed by atoms with E-state index in [4.69, 9.17) is 9.15 Å². The summed E-state index contributed by atoms with van der Waals surface area (Å²) in [6, 6.07) is 15.9. The zero-order valence-electron chi connectivity index (χ0n) is 19.6. The molecular formula is C27H31N3O3. The number of nitrogens with zero attached hydrogens (tertiary/aromatic N) is 1. The number of nitrogens with one attached hydrogen (secondary N) is 2. The van der Waals surface area contributed by atoms with E-state index in [1.165, 1.54) is 11.1 Å². The Hall–Kier alpha value is -3.51. The maximum Gasteiger partial charge on any atom is 0.253 e. The average molecular weight is 446 g/mol. The van der Waals surface area contributed by atoms with Crippen molar-refractivity contribution in [1.29, 1.82) is 0 Å². The van der Waals surface area contributed by atoms with Crippen LogP contribution >= 0.6 is 0 Å². The van der Waals surface area contributed by atoms with Crippen LogP contribution in [0.4, 0.5) is 0 Å². The van der Waals surface area contributed by atoms with Gasteiger partial charge in [-0.25, -0.2) is 0 Å². The van der Waals surface area contributed by atoms with Crippen molar-refractivity contribution in [1.82, 2.24) is 15.2 Å². The number of rotatable bonds is 9. The van der Waals surface area contributed by atoms with E-state index in [0.717, 1.165) is 41.0 Å². The van der Waals surface area contributed by atoms with Crippen LogP contribution in [-0.4, -0.2) is 35.5 Å². The van der Waals surface area contributed by atoms with Crippen molar-refractivity contribution in [2.75, 3.05) is 13.6 Å². The highest BCUT2D eigenvalue weighted by atomic mass is 16.5. The van der Waals surface area contributed by atoms with E-state index in [1.807, 2.05) is 50.2 Å². The highest BCUT2D eigenvalue weighted by Gasteiger charge is 2.15. The number of ether oxygens (including phenoxy) is 1. The maximum absolute atomic E-state index is 12.8. The number of hydrogen-bond acceptors (Lipinski definition) is 4. The van der Waals surface area contributed by atoms with Crippen molar-refractivity contribution in [2.45, 2.75) is 40.0 Å². The number of para-hydroxylation sites is 1. The van der Waals surface area contributed by atoms with Gasteiger partial charge < -0.3 is 19.5 Å². The zero-order valence-corrected chi connectivity index (χ0v) is 19.6. The van der Waals surface area contributed by atoms with E-state index in [-0.39, 0.29) is 12.0 Å². The number of carbonyl (C=O) groups excluding carboxylic acids is 1. The second-order valence-corrected chi connectivity index (χ2v) is 8.69. The Morgan fingerprint density at radius 3 is 2.70 bits per heavy atom.